The van der Waals surface area contributed by atoms with Crippen LogP contribution in [-0.4, -0.2) is 17.5 Å². The van der Waals surface area contributed by atoms with Crippen molar-refractivity contribution in [2.45, 2.75) is 19.8 Å². The van der Waals surface area contributed by atoms with E-state index in [-0.39, 0.29) is 30.3 Å². The lowest BCUT2D eigenvalue weighted by molar-refractivity contribution is -0.117. The van der Waals surface area contributed by atoms with Crippen LogP contribution in [-0.2, 0) is 17.6 Å². The van der Waals surface area contributed by atoms with Gasteiger partial charge >= 0.3 is 0 Å². The number of Topliss-reactive ketones (excluding diaryl/α,β-unsaturated/α-hetero) is 1. The molecule has 0 saturated carbocycles. The first-order valence-electron chi connectivity index (χ1n) is 14.0. The predicted octanol–water partition coefficient (Wildman–Crippen LogP) is 8.14. The Morgan fingerprint density at radius 2 is 1.24 bits per heavy atom. The first-order valence-corrected chi connectivity index (χ1v) is 14.0. The van der Waals surface area contributed by atoms with Crippen LogP contribution in [0.2, 0.25) is 0 Å². The lowest BCUT2D eigenvalue weighted by atomic mass is 9.93. The molecule has 0 radical (unpaired) electrons. The van der Waals surface area contributed by atoms with Crippen LogP contribution in [0.5, 0.6) is 0 Å². The van der Waals surface area contributed by atoms with Crippen molar-refractivity contribution >= 4 is 44.7 Å². The first-order chi connectivity index (χ1) is 20.5. The van der Waals surface area contributed by atoms with Crippen molar-refractivity contribution in [2.24, 2.45) is 0 Å². The Kier molecular flexibility index (Phi) is 7.44. The predicted molar refractivity (Wildman–Crippen MR) is 169 cm³/mol. The minimum Gasteiger partial charge on any atom is -0.322 e. The van der Waals surface area contributed by atoms with Gasteiger partial charge in [0.1, 0.15) is 5.78 Å². The Balaban J connectivity index is 1.35. The molecular weight excluding hydrogens is 518 g/mol. The number of hydrogen-bond donors (Lipinski definition) is 1. The molecule has 0 heterocycles. The molecule has 0 saturated heterocycles. The third-order valence-electron chi connectivity index (χ3n) is 7.56. The molecule has 6 rings (SSSR count). The van der Waals surface area contributed by atoms with E-state index in [1.54, 1.807) is 30.3 Å². The van der Waals surface area contributed by atoms with Gasteiger partial charge in [-0.3, -0.25) is 14.4 Å². The van der Waals surface area contributed by atoms with Gasteiger partial charge in [0.2, 0.25) is 0 Å². The maximum absolute atomic E-state index is 13.8. The maximum Gasteiger partial charge on any atom is 0.256 e. The molecule has 0 aliphatic heterocycles. The quantitative estimate of drug-likeness (QED) is 0.155. The van der Waals surface area contributed by atoms with Gasteiger partial charge in [-0.25, -0.2) is 0 Å². The second kappa shape index (κ2) is 11.6. The van der Waals surface area contributed by atoms with Gasteiger partial charge < -0.3 is 5.32 Å². The van der Waals surface area contributed by atoms with E-state index in [4.69, 9.17) is 0 Å². The summed E-state index contributed by atoms with van der Waals surface area (Å²) in [5.74, 6) is -0.440. The van der Waals surface area contributed by atoms with Crippen LogP contribution in [0, 0.1) is 6.92 Å². The Hall–Kier alpha value is -5.35. The molecule has 0 aliphatic rings. The topological polar surface area (TPSA) is 63.2 Å². The van der Waals surface area contributed by atoms with Crippen LogP contribution in [0.4, 0.5) is 5.69 Å². The summed E-state index contributed by atoms with van der Waals surface area (Å²) >= 11 is 0. The van der Waals surface area contributed by atoms with Crippen LogP contribution in [0.1, 0.15) is 43.0 Å². The van der Waals surface area contributed by atoms with Gasteiger partial charge in [-0.05, 0) is 57.8 Å². The zero-order chi connectivity index (χ0) is 29.1. The minimum absolute atomic E-state index is 0.0139. The number of rotatable bonds is 8. The highest BCUT2D eigenvalue weighted by Gasteiger charge is 2.19. The number of carbonyl (C=O) groups excluding carboxylic acids is 3. The van der Waals surface area contributed by atoms with Crippen molar-refractivity contribution in [3.05, 3.63) is 161 Å². The van der Waals surface area contributed by atoms with Gasteiger partial charge in [0.05, 0.1) is 5.56 Å². The molecule has 0 fully saturated rings. The molecule has 0 bridgehead atoms. The van der Waals surface area contributed by atoms with E-state index >= 15 is 0 Å². The number of aryl methyl sites for hydroxylation is 1. The Labute approximate surface area is 244 Å². The molecular formula is C38H29NO3. The number of anilines is 1. The molecule has 4 nitrogen and oxygen atoms in total. The van der Waals surface area contributed by atoms with Crippen molar-refractivity contribution in [3.8, 4) is 0 Å². The van der Waals surface area contributed by atoms with Gasteiger partial charge in [0, 0.05) is 29.7 Å². The van der Waals surface area contributed by atoms with Crippen molar-refractivity contribution in [2.75, 3.05) is 5.32 Å². The summed E-state index contributed by atoms with van der Waals surface area (Å²) in [5, 5.41) is 6.70. The summed E-state index contributed by atoms with van der Waals surface area (Å²) in [5.41, 5.74) is 4.70. The number of nitrogens with one attached hydrogen (secondary N) is 1. The van der Waals surface area contributed by atoms with Gasteiger partial charge in [0.15, 0.2) is 5.78 Å². The van der Waals surface area contributed by atoms with E-state index in [9.17, 15) is 14.4 Å². The van der Waals surface area contributed by atoms with Gasteiger partial charge in [-0.15, -0.1) is 0 Å². The highest BCUT2D eigenvalue weighted by molar-refractivity contribution is 6.22. The van der Waals surface area contributed by atoms with Crippen LogP contribution < -0.4 is 5.32 Å². The van der Waals surface area contributed by atoms with Crippen LogP contribution in [0.25, 0.3) is 21.5 Å². The SMILES string of the molecule is Cc1ccc(CC(=O)Cc2ccc(NC(=O)c3c4ccccc4cc4ccccc34)cc2C(=O)c2ccccc2)cc1. The normalized spacial score (nSPS) is 11.0. The largest absolute Gasteiger partial charge is 0.322 e. The molecule has 0 aromatic heterocycles. The maximum atomic E-state index is 13.8. The van der Waals surface area contributed by atoms with Crippen LogP contribution >= 0.6 is 0 Å². The second-order valence-corrected chi connectivity index (χ2v) is 10.6. The summed E-state index contributed by atoms with van der Waals surface area (Å²) < 4.78 is 0. The Morgan fingerprint density at radius 1 is 0.619 bits per heavy atom. The fraction of sp³-hybridized carbons (Fsp3) is 0.0789. The molecule has 4 heteroatoms. The average molecular weight is 548 g/mol. The molecule has 6 aromatic rings. The van der Waals surface area contributed by atoms with Crippen LogP contribution in [0.15, 0.2) is 127 Å². The summed E-state index contributed by atoms with van der Waals surface area (Å²) in [6.07, 6.45) is 0.399. The lowest BCUT2D eigenvalue weighted by Crippen LogP contribution is -2.16. The van der Waals surface area contributed by atoms with Crippen molar-refractivity contribution in [1.29, 1.82) is 0 Å². The fourth-order valence-corrected chi connectivity index (χ4v) is 5.43. The number of carbonyl (C=O) groups is 3. The third-order valence-corrected chi connectivity index (χ3v) is 7.56. The van der Waals surface area contributed by atoms with E-state index in [0.29, 0.717) is 27.9 Å². The number of fused-ring (bicyclic) bond motifs is 2. The summed E-state index contributed by atoms with van der Waals surface area (Å²) in [6.45, 7) is 2.01. The smallest absolute Gasteiger partial charge is 0.256 e. The summed E-state index contributed by atoms with van der Waals surface area (Å²) in [4.78, 5) is 40.6. The molecule has 1 amide bonds. The van der Waals surface area contributed by atoms with Crippen molar-refractivity contribution in [1.82, 2.24) is 0 Å². The van der Waals surface area contributed by atoms with Gasteiger partial charge in [-0.1, -0.05) is 115 Å². The molecule has 6 aromatic carbocycles. The van der Waals surface area contributed by atoms with Crippen molar-refractivity contribution in [3.63, 3.8) is 0 Å². The second-order valence-electron chi connectivity index (χ2n) is 10.6. The third kappa shape index (κ3) is 5.61. The number of benzene rings is 6. The van der Waals surface area contributed by atoms with Gasteiger partial charge in [0.25, 0.3) is 5.91 Å². The van der Waals surface area contributed by atoms with E-state index in [1.165, 1.54) is 0 Å². The number of amides is 1. The lowest BCUT2D eigenvalue weighted by Gasteiger charge is -2.14. The molecule has 0 aliphatic carbocycles. The van der Waals surface area contributed by atoms with Gasteiger partial charge in [-0.2, -0.15) is 0 Å². The Morgan fingerprint density at radius 3 is 1.90 bits per heavy atom. The van der Waals surface area contributed by atoms with E-state index in [1.807, 2.05) is 97.9 Å². The Bertz CT molecular complexity index is 1900. The molecule has 0 atom stereocenters. The number of ketones is 2. The summed E-state index contributed by atoms with van der Waals surface area (Å²) in [6, 6.07) is 39.9. The standard InChI is InChI=1S/C38H29NO3/c1-25-15-17-26(18-16-25)21-32(40)23-30-19-20-31(24-35(30)37(41)27-9-3-2-4-10-27)39-38(42)36-33-13-7-5-11-28(33)22-29-12-6-8-14-34(29)36/h2-20,22,24H,21,23H2,1H3,(H,39,42). The highest BCUT2D eigenvalue weighted by atomic mass is 16.2. The molecule has 204 valence electrons. The first kappa shape index (κ1) is 26.9. The average Bonchev–Trinajstić information content (AvgIpc) is 3.01. The van der Waals surface area contributed by atoms with E-state index in [2.05, 4.69) is 11.4 Å². The minimum atomic E-state index is -0.260. The van der Waals surface area contributed by atoms with Crippen LogP contribution in [0.3, 0.4) is 0 Å². The highest BCUT2D eigenvalue weighted by Crippen LogP contribution is 2.30. The molecule has 42 heavy (non-hydrogen) atoms. The zero-order valence-corrected chi connectivity index (χ0v) is 23.3. The molecule has 1 N–H and O–H groups in total. The molecule has 0 spiro atoms. The zero-order valence-electron chi connectivity index (χ0n) is 23.3. The number of hydrogen-bond acceptors (Lipinski definition) is 3. The monoisotopic (exact) mass is 547 g/mol. The fourth-order valence-electron chi connectivity index (χ4n) is 5.43. The molecule has 0 unspecified atom stereocenters. The van der Waals surface area contributed by atoms with Crippen molar-refractivity contribution < 1.29 is 14.4 Å². The summed E-state index contributed by atoms with van der Waals surface area (Å²) in [7, 11) is 0. The van der Waals surface area contributed by atoms with E-state index in [0.717, 1.165) is 32.7 Å². The van der Waals surface area contributed by atoms with E-state index < -0.39 is 0 Å².